The molecule has 1 aromatic rings. The lowest BCUT2D eigenvalue weighted by Crippen LogP contribution is -2.25. The first-order chi connectivity index (χ1) is 8.40. The molecule has 0 aliphatic rings. The van der Waals surface area contributed by atoms with E-state index in [1.54, 1.807) is 6.07 Å². The second-order valence-corrected chi connectivity index (χ2v) is 5.63. The van der Waals surface area contributed by atoms with Crippen molar-refractivity contribution < 1.29 is 17.9 Å². The summed E-state index contributed by atoms with van der Waals surface area (Å²) in [7, 11) is -0.890. The summed E-state index contributed by atoms with van der Waals surface area (Å²) < 4.78 is 36.4. The van der Waals surface area contributed by atoms with E-state index in [-0.39, 0.29) is 22.2 Å². The molecule has 18 heavy (non-hydrogen) atoms. The molecule has 0 fully saturated rings. The summed E-state index contributed by atoms with van der Waals surface area (Å²) in [6, 6.07) is 4.50. The fourth-order valence-corrected chi connectivity index (χ4v) is 2.60. The monoisotopic (exact) mass is 291 g/mol. The van der Waals surface area contributed by atoms with Crippen LogP contribution in [0.3, 0.4) is 0 Å². The number of methoxy groups -OCH3 is 2. The minimum Gasteiger partial charge on any atom is -0.497 e. The number of benzene rings is 1. The van der Waals surface area contributed by atoms with Gasteiger partial charge in [-0.05, 0) is 12.1 Å². The predicted octanol–water partition coefficient (Wildman–Crippen LogP) is 1.73. The van der Waals surface area contributed by atoms with Crippen molar-refractivity contribution in [1.29, 1.82) is 0 Å². The van der Waals surface area contributed by atoms with Crippen molar-refractivity contribution in [3.8, 4) is 11.5 Å². The molecule has 0 unspecified atom stereocenters. The Morgan fingerprint density at radius 1 is 1.39 bits per heavy atom. The van der Waals surface area contributed by atoms with Gasteiger partial charge in [0, 0.05) is 17.6 Å². The smallest absolute Gasteiger partial charge is 0.244 e. The van der Waals surface area contributed by atoms with E-state index in [1.165, 1.54) is 26.4 Å². The maximum atomic E-state index is 12.0. The molecule has 0 spiro atoms. The first-order valence-corrected chi connectivity index (χ1v) is 6.82. The number of nitrogens with one attached hydrogen (secondary N) is 1. The highest BCUT2D eigenvalue weighted by Crippen LogP contribution is 2.27. The predicted molar refractivity (Wildman–Crippen MR) is 69.7 cm³/mol. The third-order valence-corrected chi connectivity index (χ3v) is 3.67. The molecule has 0 heterocycles. The largest absolute Gasteiger partial charge is 0.497 e. The van der Waals surface area contributed by atoms with Crippen LogP contribution < -0.4 is 14.2 Å². The lowest BCUT2D eigenvalue weighted by molar-refractivity contribution is 0.392. The zero-order chi connectivity index (χ0) is 13.8. The Kier molecular flexibility index (Phi) is 5.01. The van der Waals surface area contributed by atoms with Crippen molar-refractivity contribution in [2.75, 3.05) is 20.8 Å². The molecule has 0 aliphatic heterocycles. The average Bonchev–Trinajstić information content (AvgIpc) is 2.35. The number of sulfonamides is 1. The highest BCUT2D eigenvalue weighted by Gasteiger charge is 2.20. The van der Waals surface area contributed by atoms with Crippen molar-refractivity contribution in [2.24, 2.45) is 0 Å². The molecule has 0 saturated carbocycles. The van der Waals surface area contributed by atoms with Crippen LogP contribution in [0, 0.1) is 0 Å². The molecule has 0 atom stereocenters. The van der Waals surface area contributed by atoms with E-state index in [1.807, 2.05) is 0 Å². The number of ether oxygens (including phenoxy) is 2. The third kappa shape index (κ3) is 3.63. The van der Waals surface area contributed by atoms with Gasteiger partial charge in [0.2, 0.25) is 10.0 Å². The average molecular weight is 292 g/mol. The first kappa shape index (κ1) is 14.8. The summed E-state index contributed by atoms with van der Waals surface area (Å²) in [6.45, 7) is 3.36. The van der Waals surface area contributed by atoms with Gasteiger partial charge in [0.05, 0.1) is 14.2 Å². The topological polar surface area (TPSA) is 64.6 Å². The standard InChI is InChI=1S/C11H14ClNO4S/c1-8(12)7-13-18(14,15)11-6-9(16-2)4-5-10(11)17-3/h4-6,13H,1,7H2,2-3H3. The van der Waals surface area contributed by atoms with E-state index in [9.17, 15) is 8.42 Å². The molecule has 0 saturated heterocycles. The second-order valence-electron chi connectivity index (χ2n) is 3.36. The third-order valence-electron chi connectivity index (χ3n) is 2.11. The Hall–Kier alpha value is -1.24. The van der Waals surface area contributed by atoms with Gasteiger partial charge in [-0.2, -0.15) is 0 Å². The van der Waals surface area contributed by atoms with Crippen LogP contribution >= 0.6 is 11.6 Å². The Morgan fingerprint density at radius 3 is 2.56 bits per heavy atom. The van der Waals surface area contributed by atoms with Crippen LogP contribution in [-0.4, -0.2) is 29.2 Å². The molecular formula is C11H14ClNO4S. The maximum Gasteiger partial charge on any atom is 0.244 e. The van der Waals surface area contributed by atoms with Crippen molar-refractivity contribution in [3.05, 3.63) is 29.8 Å². The molecule has 0 amide bonds. The van der Waals surface area contributed by atoms with Gasteiger partial charge in [0.25, 0.3) is 0 Å². The van der Waals surface area contributed by atoms with Gasteiger partial charge in [0.15, 0.2) is 0 Å². The molecule has 1 N–H and O–H groups in total. The van der Waals surface area contributed by atoms with Crippen molar-refractivity contribution in [3.63, 3.8) is 0 Å². The van der Waals surface area contributed by atoms with Crippen LogP contribution in [0.15, 0.2) is 34.7 Å². The molecular weight excluding hydrogens is 278 g/mol. The number of halogens is 1. The summed E-state index contributed by atoms with van der Waals surface area (Å²) in [6.07, 6.45) is 0. The minimum absolute atomic E-state index is 0.0118. The molecule has 100 valence electrons. The molecule has 0 radical (unpaired) electrons. The Labute approximate surface area is 111 Å². The fraction of sp³-hybridized carbons (Fsp3) is 0.273. The van der Waals surface area contributed by atoms with Crippen LogP contribution in [0.4, 0.5) is 0 Å². The second kappa shape index (κ2) is 6.08. The maximum absolute atomic E-state index is 12.0. The Balaban J connectivity index is 3.16. The van der Waals surface area contributed by atoms with Gasteiger partial charge < -0.3 is 9.47 Å². The van der Waals surface area contributed by atoms with Crippen LogP contribution in [0.5, 0.6) is 11.5 Å². The molecule has 1 aromatic carbocycles. The Morgan fingerprint density at radius 2 is 2.06 bits per heavy atom. The summed E-state index contributed by atoms with van der Waals surface area (Å²) in [5.74, 6) is 0.643. The van der Waals surface area contributed by atoms with Crippen molar-refractivity contribution in [1.82, 2.24) is 4.72 Å². The molecule has 0 aliphatic carbocycles. The molecule has 7 heteroatoms. The van der Waals surface area contributed by atoms with Crippen LogP contribution in [0.1, 0.15) is 0 Å². The first-order valence-electron chi connectivity index (χ1n) is 4.95. The fourth-order valence-electron chi connectivity index (χ4n) is 1.25. The van der Waals surface area contributed by atoms with Gasteiger partial charge in [-0.15, -0.1) is 0 Å². The number of hydrogen-bond acceptors (Lipinski definition) is 4. The van der Waals surface area contributed by atoms with Crippen LogP contribution in [0.2, 0.25) is 0 Å². The summed E-state index contributed by atoms with van der Waals surface area (Å²) in [5, 5.41) is 0.195. The van der Waals surface area contributed by atoms with Gasteiger partial charge in [-0.1, -0.05) is 18.2 Å². The number of rotatable bonds is 6. The molecule has 0 bridgehead atoms. The molecule has 0 aromatic heterocycles. The zero-order valence-electron chi connectivity index (χ0n) is 10.1. The summed E-state index contributed by atoms with van der Waals surface area (Å²) >= 11 is 5.53. The summed E-state index contributed by atoms with van der Waals surface area (Å²) in [4.78, 5) is -0.0118. The van der Waals surface area contributed by atoms with Crippen molar-refractivity contribution in [2.45, 2.75) is 4.90 Å². The highest BCUT2D eigenvalue weighted by atomic mass is 35.5. The molecule has 1 rings (SSSR count). The Bertz CT molecular complexity index is 542. The number of hydrogen-bond donors (Lipinski definition) is 1. The van der Waals surface area contributed by atoms with E-state index >= 15 is 0 Å². The lowest BCUT2D eigenvalue weighted by atomic mass is 10.3. The quantitative estimate of drug-likeness (QED) is 0.867. The highest BCUT2D eigenvalue weighted by molar-refractivity contribution is 7.89. The van der Waals surface area contributed by atoms with Crippen LogP contribution in [-0.2, 0) is 10.0 Å². The van der Waals surface area contributed by atoms with Gasteiger partial charge in [-0.25, -0.2) is 13.1 Å². The lowest BCUT2D eigenvalue weighted by Gasteiger charge is -2.11. The van der Waals surface area contributed by atoms with E-state index in [2.05, 4.69) is 11.3 Å². The normalized spacial score (nSPS) is 11.1. The van der Waals surface area contributed by atoms with E-state index in [0.29, 0.717) is 5.75 Å². The van der Waals surface area contributed by atoms with E-state index < -0.39 is 10.0 Å². The van der Waals surface area contributed by atoms with E-state index in [4.69, 9.17) is 21.1 Å². The minimum atomic E-state index is -3.73. The van der Waals surface area contributed by atoms with Gasteiger partial charge >= 0.3 is 0 Å². The summed E-state index contributed by atoms with van der Waals surface area (Å²) in [5.41, 5.74) is 0. The zero-order valence-corrected chi connectivity index (χ0v) is 11.6. The van der Waals surface area contributed by atoms with E-state index in [0.717, 1.165) is 0 Å². The van der Waals surface area contributed by atoms with Crippen molar-refractivity contribution >= 4 is 21.6 Å². The van der Waals surface area contributed by atoms with Gasteiger partial charge in [-0.3, -0.25) is 0 Å². The van der Waals surface area contributed by atoms with Gasteiger partial charge in [0.1, 0.15) is 16.4 Å². The molecule has 5 nitrogen and oxygen atoms in total. The SMILES string of the molecule is C=C(Cl)CNS(=O)(=O)c1cc(OC)ccc1OC. The van der Waals surface area contributed by atoms with Crippen LogP contribution in [0.25, 0.3) is 0 Å².